The van der Waals surface area contributed by atoms with E-state index in [0.29, 0.717) is 5.92 Å². The molecule has 0 aliphatic heterocycles. The quantitative estimate of drug-likeness (QED) is 0.836. The number of hydrogen-bond donors (Lipinski definition) is 1. The number of hydrogen-bond acceptors (Lipinski definition) is 2. The van der Waals surface area contributed by atoms with Crippen LogP contribution >= 0.6 is 11.6 Å². The number of nitrogens with zero attached hydrogens (tertiary/aromatic N) is 1. The summed E-state index contributed by atoms with van der Waals surface area (Å²) >= 11 is 5.95. The van der Waals surface area contributed by atoms with Gasteiger partial charge in [-0.1, -0.05) is 37.6 Å². The minimum Gasteiger partial charge on any atom is -0.377 e. The number of pyridine rings is 1. The fraction of sp³-hybridized carbons (Fsp3) is 0.312. The van der Waals surface area contributed by atoms with Gasteiger partial charge in [0.15, 0.2) is 0 Å². The van der Waals surface area contributed by atoms with E-state index in [0.717, 1.165) is 17.1 Å². The van der Waals surface area contributed by atoms with Crippen molar-refractivity contribution in [3.8, 4) is 0 Å². The van der Waals surface area contributed by atoms with Crippen LogP contribution in [-0.4, -0.2) is 4.98 Å². The van der Waals surface area contributed by atoms with Crippen LogP contribution in [0.25, 0.3) is 0 Å². The van der Waals surface area contributed by atoms with Gasteiger partial charge >= 0.3 is 0 Å². The molecule has 0 fully saturated rings. The Morgan fingerprint density at radius 3 is 2.47 bits per heavy atom. The van der Waals surface area contributed by atoms with E-state index < -0.39 is 0 Å². The first-order valence-electron chi connectivity index (χ1n) is 6.57. The summed E-state index contributed by atoms with van der Waals surface area (Å²) in [6, 6.07) is 12.3. The van der Waals surface area contributed by atoms with Crippen LogP contribution in [0.2, 0.25) is 5.02 Å². The van der Waals surface area contributed by atoms with Gasteiger partial charge in [0.25, 0.3) is 0 Å². The Morgan fingerprint density at radius 2 is 1.89 bits per heavy atom. The van der Waals surface area contributed by atoms with Crippen molar-refractivity contribution < 1.29 is 0 Å². The first-order valence-corrected chi connectivity index (χ1v) is 6.95. The van der Waals surface area contributed by atoms with Gasteiger partial charge in [-0.3, -0.25) is 4.98 Å². The summed E-state index contributed by atoms with van der Waals surface area (Å²) in [5.74, 6) is 0.616. The van der Waals surface area contributed by atoms with Crippen molar-refractivity contribution in [2.75, 3.05) is 5.32 Å². The molecule has 3 heteroatoms. The molecule has 1 atom stereocenters. The van der Waals surface area contributed by atoms with Crippen molar-refractivity contribution in [3.05, 3.63) is 59.4 Å². The number of rotatable bonds is 5. The molecule has 0 amide bonds. The van der Waals surface area contributed by atoms with E-state index in [1.807, 2.05) is 30.5 Å². The SMILES string of the molecule is CC(C)CC(Nc1cccnc1)c1ccc(Cl)cc1. The molecule has 2 rings (SSSR count). The zero-order valence-corrected chi connectivity index (χ0v) is 12.1. The topological polar surface area (TPSA) is 24.9 Å². The Labute approximate surface area is 119 Å². The molecule has 2 nitrogen and oxygen atoms in total. The molecule has 0 aliphatic rings. The van der Waals surface area contributed by atoms with Gasteiger partial charge in [0.1, 0.15) is 0 Å². The lowest BCUT2D eigenvalue weighted by molar-refractivity contribution is 0.531. The fourth-order valence-corrected chi connectivity index (χ4v) is 2.22. The second-order valence-electron chi connectivity index (χ2n) is 5.12. The van der Waals surface area contributed by atoms with E-state index in [1.54, 1.807) is 6.20 Å². The maximum Gasteiger partial charge on any atom is 0.0531 e. The maximum atomic E-state index is 5.95. The lowest BCUT2D eigenvalue weighted by Gasteiger charge is -2.22. The van der Waals surface area contributed by atoms with Gasteiger partial charge in [-0.2, -0.15) is 0 Å². The fourth-order valence-electron chi connectivity index (χ4n) is 2.09. The van der Waals surface area contributed by atoms with Crippen LogP contribution in [0.3, 0.4) is 0 Å². The van der Waals surface area contributed by atoms with E-state index >= 15 is 0 Å². The van der Waals surface area contributed by atoms with Gasteiger partial charge < -0.3 is 5.32 Å². The Hall–Kier alpha value is -1.54. The molecule has 1 heterocycles. The van der Waals surface area contributed by atoms with Gasteiger partial charge in [-0.15, -0.1) is 0 Å². The molecule has 0 saturated heterocycles. The van der Waals surface area contributed by atoms with E-state index in [1.165, 1.54) is 5.56 Å². The van der Waals surface area contributed by atoms with Crippen LogP contribution in [0.1, 0.15) is 31.9 Å². The molecule has 0 aliphatic carbocycles. The molecule has 2 aromatic rings. The second kappa shape index (κ2) is 6.58. The Kier molecular flexibility index (Phi) is 4.80. The van der Waals surface area contributed by atoms with Crippen molar-refractivity contribution in [1.82, 2.24) is 4.98 Å². The third kappa shape index (κ3) is 4.25. The van der Waals surface area contributed by atoms with Crippen molar-refractivity contribution in [3.63, 3.8) is 0 Å². The minimum absolute atomic E-state index is 0.279. The summed E-state index contributed by atoms with van der Waals surface area (Å²) in [6.45, 7) is 4.46. The van der Waals surface area contributed by atoms with Crippen LogP contribution in [0.5, 0.6) is 0 Å². The number of anilines is 1. The zero-order chi connectivity index (χ0) is 13.7. The lowest BCUT2D eigenvalue weighted by Crippen LogP contribution is -2.13. The highest BCUT2D eigenvalue weighted by Gasteiger charge is 2.13. The van der Waals surface area contributed by atoms with Gasteiger partial charge in [0.2, 0.25) is 0 Å². The van der Waals surface area contributed by atoms with E-state index in [2.05, 4.69) is 36.3 Å². The predicted molar refractivity (Wildman–Crippen MR) is 81.5 cm³/mol. The maximum absolute atomic E-state index is 5.95. The van der Waals surface area contributed by atoms with Gasteiger partial charge in [-0.05, 0) is 42.2 Å². The highest BCUT2D eigenvalue weighted by Crippen LogP contribution is 2.26. The molecule has 0 spiro atoms. The van der Waals surface area contributed by atoms with Crippen molar-refractivity contribution in [1.29, 1.82) is 0 Å². The average Bonchev–Trinajstić information content (AvgIpc) is 2.39. The summed E-state index contributed by atoms with van der Waals surface area (Å²) < 4.78 is 0. The first kappa shape index (κ1) is 13.9. The highest BCUT2D eigenvalue weighted by molar-refractivity contribution is 6.30. The standard InChI is InChI=1S/C16H19ClN2/c1-12(2)10-16(13-5-7-14(17)8-6-13)19-15-4-3-9-18-11-15/h3-9,11-12,16,19H,10H2,1-2H3. The van der Waals surface area contributed by atoms with Gasteiger partial charge in [-0.25, -0.2) is 0 Å². The molecule has 0 radical (unpaired) electrons. The largest absolute Gasteiger partial charge is 0.377 e. The van der Waals surface area contributed by atoms with Crippen LogP contribution in [0, 0.1) is 5.92 Å². The molecule has 1 aromatic carbocycles. The minimum atomic E-state index is 0.279. The Morgan fingerprint density at radius 1 is 1.16 bits per heavy atom. The monoisotopic (exact) mass is 274 g/mol. The number of nitrogens with one attached hydrogen (secondary N) is 1. The molecule has 19 heavy (non-hydrogen) atoms. The third-order valence-electron chi connectivity index (χ3n) is 2.98. The van der Waals surface area contributed by atoms with Crippen molar-refractivity contribution in [2.24, 2.45) is 5.92 Å². The van der Waals surface area contributed by atoms with Crippen LogP contribution in [0.4, 0.5) is 5.69 Å². The van der Waals surface area contributed by atoms with Crippen LogP contribution in [-0.2, 0) is 0 Å². The molecule has 100 valence electrons. The van der Waals surface area contributed by atoms with Crippen molar-refractivity contribution >= 4 is 17.3 Å². The first-order chi connectivity index (χ1) is 9.15. The summed E-state index contributed by atoms with van der Waals surface area (Å²) in [4.78, 5) is 4.14. The predicted octanol–water partition coefficient (Wildman–Crippen LogP) is 4.93. The Bertz CT molecular complexity index is 494. The van der Waals surface area contributed by atoms with Gasteiger partial charge in [0, 0.05) is 17.4 Å². The molecular weight excluding hydrogens is 256 g/mol. The molecule has 1 aromatic heterocycles. The summed E-state index contributed by atoms with van der Waals surface area (Å²) in [5.41, 5.74) is 2.30. The van der Waals surface area contributed by atoms with E-state index in [-0.39, 0.29) is 6.04 Å². The summed E-state index contributed by atoms with van der Waals surface area (Å²) in [6.07, 6.45) is 4.70. The average molecular weight is 275 g/mol. The highest BCUT2D eigenvalue weighted by atomic mass is 35.5. The lowest BCUT2D eigenvalue weighted by atomic mass is 9.97. The summed E-state index contributed by atoms with van der Waals surface area (Å²) in [5, 5.41) is 4.31. The molecular formula is C16H19ClN2. The van der Waals surface area contributed by atoms with E-state index in [9.17, 15) is 0 Å². The smallest absolute Gasteiger partial charge is 0.0531 e. The number of aromatic nitrogens is 1. The van der Waals surface area contributed by atoms with Crippen LogP contribution < -0.4 is 5.32 Å². The van der Waals surface area contributed by atoms with Crippen LogP contribution in [0.15, 0.2) is 48.8 Å². The number of benzene rings is 1. The summed E-state index contributed by atoms with van der Waals surface area (Å²) in [7, 11) is 0. The second-order valence-corrected chi connectivity index (χ2v) is 5.56. The third-order valence-corrected chi connectivity index (χ3v) is 3.23. The van der Waals surface area contributed by atoms with Gasteiger partial charge in [0.05, 0.1) is 11.7 Å². The molecule has 0 bridgehead atoms. The van der Waals surface area contributed by atoms with Crippen molar-refractivity contribution in [2.45, 2.75) is 26.3 Å². The zero-order valence-electron chi connectivity index (χ0n) is 11.3. The normalized spacial score (nSPS) is 12.4. The molecule has 1 N–H and O–H groups in total. The molecule has 1 unspecified atom stereocenters. The van der Waals surface area contributed by atoms with E-state index in [4.69, 9.17) is 11.6 Å². The number of halogens is 1. The Balaban J connectivity index is 2.18. The molecule has 0 saturated carbocycles.